The van der Waals surface area contributed by atoms with Crippen molar-refractivity contribution in [1.82, 2.24) is 5.32 Å². The van der Waals surface area contributed by atoms with Gasteiger partial charge in [-0.15, -0.1) is 0 Å². The molecule has 1 saturated carbocycles. The van der Waals surface area contributed by atoms with Crippen LogP contribution in [0.5, 0.6) is 0 Å². The summed E-state index contributed by atoms with van der Waals surface area (Å²) in [7, 11) is 0. The van der Waals surface area contributed by atoms with Gasteiger partial charge in [0, 0.05) is 12.5 Å². The minimum atomic E-state index is -0.730. The summed E-state index contributed by atoms with van der Waals surface area (Å²) in [6, 6.07) is -0.263. The zero-order valence-corrected chi connectivity index (χ0v) is 8.33. The summed E-state index contributed by atoms with van der Waals surface area (Å²) < 4.78 is 18.3. The standard InChI is InChI=1S/C10H16FNO2/c1-2-14-10(13)9-6-3-4-8(11)7(6)5-12-9/h6-9,12H,2-5H2,1H3/t6-,7-,8-,9-/m0/s1. The largest absolute Gasteiger partial charge is 0.465 e. The molecule has 2 rings (SSSR count). The lowest BCUT2D eigenvalue weighted by atomic mass is 9.94. The number of fused-ring (bicyclic) bond motifs is 1. The van der Waals surface area contributed by atoms with Crippen molar-refractivity contribution in [3.8, 4) is 0 Å². The fraction of sp³-hybridized carbons (Fsp3) is 0.900. The number of nitrogens with one attached hydrogen (secondary N) is 1. The topological polar surface area (TPSA) is 38.3 Å². The van der Waals surface area contributed by atoms with Crippen LogP contribution < -0.4 is 5.32 Å². The fourth-order valence-corrected chi connectivity index (χ4v) is 2.65. The molecule has 4 heteroatoms. The summed E-state index contributed by atoms with van der Waals surface area (Å²) in [5.41, 5.74) is 0. The number of alkyl halides is 1. The summed E-state index contributed by atoms with van der Waals surface area (Å²) in [5.74, 6) is -0.0254. The molecule has 0 aromatic heterocycles. The van der Waals surface area contributed by atoms with E-state index < -0.39 is 6.17 Å². The molecule has 1 N–H and O–H groups in total. The lowest BCUT2D eigenvalue weighted by molar-refractivity contribution is -0.146. The summed E-state index contributed by atoms with van der Waals surface area (Å²) >= 11 is 0. The van der Waals surface area contributed by atoms with Crippen molar-refractivity contribution < 1.29 is 13.9 Å². The maximum atomic E-state index is 13.3. The van der Waals surface area contributed by atoms with Crippen molar-refractivity contribution in [3.63, 3.8) is 0 Å². The average molecular weight is 201 g/mol. The number of halogens is 1. The number of rotatable bonds is 2. The molecule has 80 valence electrons. The van der Waals surface area contributed by atoms with Gasteiger partial charge in [0.2, 0.25) is 0 Å². The molecule has 1 heterocycles. The van der Waals surface area contributed by atoms with E-state index >= 15 is 0 Å². The van der Waals surface area contributed by atoms with Crippen molar-refractivity contribution in [2.75, 3.05) is 13.2 Å². The van der Waals surface area contributed by atoms with Crippen LogP contribution in [0.4, 0.5) is 4.39 Å². The van der Waals surface area contributed by atoms with E-state index in [1.807, 2.05) is 0 Å². The van der Waals surface area contributed by atoms with Crippen molar-refractivity contribution in [2.24, 2.45) is 11.8 Å². The number of hydrogen-bond donors (Lipinski definition) is 1. The molecule has 0 unspecified atom stereocenters. The first-order valence-electron chi connectivity index (χ1n) is 5.28. The molecule has 1 saturated heterocycles. The van der Waals surface area contributed by atoms with Crippen LogP contribution in [0.2, 0.25) is 0 Å². The second-order valence-corrected chi connectivity index (χ2v) is 4.06. The maximum Gasteiger partial charge on any atom is 0.323 e. The molecule has 0 aromatic carbocycles. The predicted octanol–water partition coefficient (Wildman–Crippen LogP) is 0.886. The average Bonchev–Trinajstić information content (AvgIpc) is 2.69. The van der Waals surface area contributed by atoms with E-state index in [2.05, 4.69) is 5.32 Å². The van der Waals surface area contributed by atoms with Crippen molar-refractivity contribution in [1.29, 1.82) is 0 Å². The van der Waals surface area contributed by atoms with E-state index in [1.165, 1.54) is 0 Å². The third-order valence-corrected chi connectivity index (χ3v) is 3.33. The number of ether oxygens (including phenoxy) is 1. The van der Waals surface area contributed by atoms with Crippen LogP contribution in [0.15, 0.2) is 0 Å². The summed E-state index contributed by atoms with van der Waals surface area (Å²) in [4.78, 5) is 11.5. The molecule has 0 bridgehead atoms. The molecule has 0 aromatic rings. The highest BCUT2D eigenvalue weighted by molar-refractivity contribution is 5.76. The van der Waals surface area contributed by atoms with Crippen LogP contribution in [0, 0.1) is 11.8 Å². The quantitative estimate of drug-likeness (QED) is 0.674. The van der Waals surface area contributed by atoms with E-state index in [0.29, 0.717) is 19.6 Å². The molecule has 2 fully saturated rings. The fourth-order valence-electron chi connectivity index (χ4n) is 2.65. The molecule has 4 atom stereocenters. The van der Waals surface area contributed by atoms with Gasteiger partial charge in [0.05, 0.1) is 6.61 Å². The molecule has 0 spiro atoms. The third-order valence-electron chi connectivity index (χ3n) is 3.33. The summed E-state index contributed by atoms with van der Waals surface area (Å²) in [6.45, 7) is 2.81. The van der Waals surface area contributed by atoms with Gasteiger partial charge in [-0.1, -0.05) is 0 Å². The third kappa shape index (κ3) is 1.52. The van der Waals surface area contributed by atoms with Gasteiger partial charge in [0.1, 0.15) is 12.2 Å². The number of esters is 1. The molecule has 1 aliphatic carbocycles. The SMILES string of the molecule is CCOC(=O)[C@H]1NC[C@H]2[C@@H]1CC[C@@H]2F. The second kappa shape index (κ2) is 3.85. The van der Waals surface area contributed by atoms with Crippen molar-refractivity contribution >= 4 is 5.97 Å². The predicted molar refractivity (Wildman–Crippen MR) is 49.5 cm³/mol. The number of carbonyl (C=O) groups is 1. The van der Waals surface area contributed by atoms with Gasteiger partial charge in [-0.3, -0.25) is 4.79 Å². The minimum Gasteiger partial charge on any atom is -0.465 e. The Morgan fingerprint density at radius 3 is 3.00 bits per heavy atom. The van der Waals surface area contributed by atoms with E-state index in [0.717, 1.165) is 6.42 Å². The lowest BCUT2D eigenvalue weighted by Crippen LogP contribution is -2.37. The van der Waals surface area contributed by atoms with Gasteiger partial charge in [-0.05, 0) is 25.7 Å². The number of carbonyl (C=O) groups excluding carboxylic acids is 1. The molecule has 1 aliphatic heterocycles. The summed E-state index contributed by atoms with van der Waals surface area (Å²) in [5, 5.41) is 3.06. The normalized spacial score (nSPS) is 41.0. The Morgan fingerprint density at radius 1 is 1.50 bits per heavy atom. The first kappa shape index (κ1) is 9.90. The lowest BCUT2D eigenvalue weighted by Gasteiger charge is -2.15. The Hall–Kier alpha value is -0.640. The smallest absolute Gasteiger partial charge is 0.323 e. The molecular weight excluding hydrogens is 185 g/mol. The van der Waals surface area contributed by atoms with Gasteiger partial charge in [-0.25, -0.2) is 4.39 Å². The van der Waals surface area contributed by atoms with Crippen LogP contribution in [0.1, 0.15) is 19.8 Å². The van der Waals surface area contributed by atoms with E-state index in [-0.39, 0.29) is 23.8 Å². The highest BCUT2D eigenvalue weighted by Crippen LogP contribution is 2.39. The van der Waals surface area contributed by atoms with Crippen molar-refractivity contribution in [3.05, 3.63) is 0 Å². The van der Waals surface area contributed by atoms with Crippen LogP contribution in [-0.2, 0) is 9.53 Å². The van der Waals surface area contributed by atoms with E-state index in [4.69, 9.17) is 4.74 Å². The summed E-state index contributed by atoms with van der Waals surface area (Å²) in [6.07, 6.45) is 0.682. The van der Waals surface area contributed by atoms with E-state index in [9.17, 15) is 9.18 Å². The van der Waals surface area contributed by atoms with Crippen LogP contribution >= 0.6 is 0 Å². The monoisotopic (exact) mass is 201 g/mol. The Balaban J connectivity index is 1.99. The molecule has 14 heavy (non-hydrogen) atoms. The number of hydrogen-bond acceptors (Lipinski definition) is 3. The van der Waals surface area contributed by atoms with Gasteiger partial charge in [0.15, 0.2) is 0 Å². The van der Waals surface area contributed by atoms with Gasteiger partial charge in [0.25, 0.3) is 0 Å². The first-order valence-corrected chi connectivity index (χ1v) is 5.28. The van der Waals surface area contributed by atoms with Gasteiger partial charge >= 0.3 is 5.97 Å². The Morgan fingerprint density at radius 2 is 2.29 bits per heavy atom. The van der Waals surface area contributed by atoms with Crippen LogP contribution in [0.3, 0.4) is 0 Å². The van der Waals surface area contributed by atoms with Crippen molar-refractivity contribution in [2.45, 2.75) is 32.0 Å². The molecule has 0 radical (unpaired) electrons. The maximum absolute atomic E-state index is 13.3. The minimum absolute atomic E-state index is 0.0319. The van der Waals surface area contributed by atoms with Gasteiger partial charge in [-0.2, -0.15) is 0 Å². The highest BCUT2D eigenvalue weighted by Gasteiger charge is 2.48. The zero-order chi connectivity index (χ0) is 10.1. The molecule has 0 amide bonds. The molecule has 3 nitrogen and oxygen atoms in total. The molecular formula is C10H16FNO2. The van der Waals surface area contributed by atoms with E-state index in [1.54, 1.807) is 6.92 Å². The Labute approximate surface area is 83.0 Å². The Bertz CT molecular complexity index is 234. The zero-order valence-electron chi connectivity index (χ0n) is 8.33. The second-order valence-electron chi connectivity index (χ2n) is 4.06. The first-order chi connectivity index (χ1) is 6.74. The Kier molecular flexibility index (Phi) is 2.72. The van der Waals surface area contributed by atoms with Gasteiger partial charge < -0.3 is 10.1 Å². The molecule has 2 aliphatic rings. The van der Waals surface area contributed by atoms with Crippen LogP contribution in [-0.4, -0.2) is 31.3 Å². The van der Waals surface area contributed by atoms with Crippen LogP contribution in [0.25, 0.3) is 0 Å². The highest BCUT2D eigenvalue weighted by atomic mass is 19.1.